The highest BCUT2D eigenvalue weighted by Crippen LogP contribution is 2.24. The van der Waals surface area contributed by atoms with E-state index in [0.717, 1.165) is 11.1 Å². The first-order chi connectivity index (χ1) is 5.95. The third-order valence-electron chi connectivity index (χ3n) is 2.39. The van der Waals surface area contributed by atoms with E-state index in [9.17, 15) is 4.39 Å². The molecule has 1 unspecified atom stereocenters. The molecule has 1 nitrogen and oxygen atoms in total. The molecular weight excluding hydrogens is 165 g/mol. The summed E-state index contributed by atoms with van der Waals surface area (Å²) in [6.45, 7) is 7.41. The molecule has 0 aromatic heterocycles. The molecule has 1 rings (SSSR count). The highest BCUT2D eigenvalue weighted by molar-refractivity contribution is 5.40. The average molecular weight is 181 g/mol. The van der Waals surface area contributed by atoms with E-state index in [1.807, 2.05) is 19.9 Å². The van der Waals surface area contributed by atoms with Crippen molar-refractivity contribution in [2.45, 2.75) is 33.7 Å². The lowest BCUT2D eigenvalue weighted by Crippen LogP contribution is -2.11. The van der Waals surface area contributed by atoms with Crippen LogP contribution >= 0.6 is 0 Å². The standard InChI is InChI=1S/C11H16FN/c1-6-5-7(2)11(12)8(3)10(6)9(4)13/h5,9H,13H2,1-4H3. The van der Waals surface area contributed by atoms with E-state index < -0.39 is 0 Å². The van der Waals surface area contributed by atoms with Crippen LogP contribution in [-0.2, 0) is 0 Å². The summed E-state index contributed by atoms with van der Waals surface area (Å²) in [5.74, 6) is -0.127. The number of hydrogen-bond donors (Lipinski definition) is 1. The van der Waals surface area contributed by atoms with Gasteiger partial charge >= 0.3 is 0 Å². The van der Waals surface area contributed by atoms with E-state index in [-0.39, 0.29) is 11.9 Å². The molecule has 0 aliphatic rings. The highest BCUT2D eigenvalue weighted by Gasteiger charge is 2.12. The molecule has 0 saturated heterocycles. The van der Waals surface area contributed by atoms with Crippen LogP contribution in [0.15, 0.2) is 6.07 Å². The van der Waals surface area contributed by atoms with Crippen LogP contribution in [0.3, 0.4) is 0 Å². The predicted octanol–water partition coefficient (Wildman–Crippen LogP) is 2.77. The Kier molecular flexibility index (Phi) is 2.71. The van der Waals surface area contributed by atoms with Gasteiger partial charge in [0, 0.05) is 6.04 Å². The van der Waals surface area contributed by atoms with Gasteiger partial charge in [0.05, 0.1) is 0 Å². The number of rotatable bonds is 1. The van der Waals surface area contributed by atoms with Gasteiger partial charge in [-0.1, -0.05) is 6.07 Å². The summed E-state index contributed by atoms with van der Waals surface area (Å²) in [6, 6.07) is 1.75. The minimum atomic E-state index is -0.127. The number of halogens is 1. The molecule has 72 valence electrons. The monoisotopic (exact) mass is 181 g/mol. The molecule has 0 spiro atoms. The second-order valence-electron chi connectivity index (χ2n) is 3.65. The van der Waals surface area contributed by atoms with Gasteiger partial charge < -0.3 is 5.73 Å². The van der Waals surface area contributed by atoms with Crippen LogP contribution in [0.4, 0.5) is 4.39 Å². The third kappa shape index (κ3) is 1.73. The van der Waals surface area contributed by atoms with Crippen LogP contribution in [0.2, 0.25) is 0 Å². The minimum Gasteiger partial charge on any atom is -0.324 e. The van der Waals surface area contributed by atoms with Gasteiger partial charge in [0.25, 0.3) is 0 Å². The Balaban J connectivity index is 3.44. The zero-order chi connectivity index (χ0) is 10.2. The maximum atomic E-state index is 13.5. The van der Waals surface area contributed by atoms with Crippen molar-refractivity contribution >= 4 is 0 Å². The zero-order valence-corrected chi connectivity index (χ0v) is 8.61. The summed E-state index contributed by atoms with van der Waals surface area (Å²) in [5.41, 5.74) is 9.16. The lowest BCUT2D eigenvalue weighted by atomic mass is 9.95. The van der Waals surface area contributed by atoms with Crippen molar-refractivity contribution in [1.29, 1.82) is 0 Å². The first-order valence-electron chi connectivity index (χ1n) is 4.47. The van der Waals surface area contributed by atoms with Crippen LogP contribution in [-0.4, -0.2) is 0 Å². The van der Waals surface area contributed by atoms with E-state index in [1.165, 1.54) is 0 Å². The Morgan fingerprint density at radius 1 is 1.23 bits per heavy atom. The Hall–Kier alpha value is -0.890. The van der Waals surface area contributed by atoms with E-state index in [2.05, 4.69) is 0 Å². The van der Waals surface area contributed by atoms with Crippen LogP contribution in [0.25, 0.3) is 0 Å². The molecule has 0 radical (unpaired) electrons. The quantitative estimate of drug-likeness (QED) is 0.708. The molecule has 0 aliphatic carbocycles. The van der Waals surface area contributed by atoms with Crippen molar-refractivity contribution in [1.82, 2.24) is 0 Å². The summed E-state index contributed by atoms with van der Waals surface area (Å²) in [5, 5.41) is 0. The fourth-order valence-electron chi connectivity index (χ4n) is 1.88. The summed E-state index contributed by atoms with van der Waals surface area (Å²) < 4.78 is 13.5. The minimum absolute atomic E-state index is 0.102. The molecule has 1 atom stereocenters. The Bertz CT molecular complexity index is 329. The Morgan fingerprint density at radius 2 is 1.77 bits per heavy atom. The number of nitrogens with two attached hydrogens (primary N) is 1. The maximum Gasteiger partial charge on any atom is 0.129 e. The smallest absolute Gasteiger partial charge is 0.129 e. The van der Waals surface area contributed by atoms with Gasteiger partial charge in [-0.2, -0.15) is 0 Å². The number of benzene rings is 1. The fourth-order valence-corrected chi connectivity index (χ4v) is 1.88. The largest absolute Gasteiger partial charge is 0.324 e. The van der Waals surface area contributed by atoms with Crippen LogP contribution in [0.1, 0.15) is 35.2 Å². The second-order valence-corrected chi connectivity index (χ2v) is 3.65. The molecule has 0 heterocycles. The van der Waals surface area contributed by atoms with Crippen LogP contribution in [0.5, 0.6) is 0 Å². The van der Waals surface area contributed by atoms with Gasteiger partial charge in [-0.15, -0.1) is 0 Å². The fraction of sp³-hybridized carbons (Fsp3) is 0.455. The van der Waals surface area contributed by atoms with Crippen molar-refractivity contribution < 1.29 is 4.39 Å². The topological polar surface area (TPSA) is 26.0 Å². The van der Waals surface area contributed by atoms with Crippen LogP contribution in [0, 0.1) is 26.6 Å². The molecular formula is C11H16FN. The highest BCUT2D eigenvalue weighted by atomic mass is 19.1. The lowest BCUT2D eigenvalue weighted by Gasteiger charge is -2.15. The molecule has 1 aromatic rings. The predicted molar refractivity (Wildman–Crippen MR) is 53.2 cm³/mol. The van der Waals surface area contributed by atoms with Crippen molar-refractivity contribution in [3.8, 4) is 0 Å². The molecule has 0 fully saturated rings. The summed E-state index contributed by atoms with van der Waals surface area (Å²) >= 11 is 0. The molecule has 13 heavy (non-hydrogen) atoms. The van der Waals surface area contributed by atoms with Crippen molar-refractivity contribution in [3.63, 3.8) is 0 Å². The molecule has 0 bridgehead atoms. The summed E-state index contributed by atoms with van der Waals surface area (Å²) in [6.07, 6.45) is 0. The molecule has 2 heteroatoms. The number of aryl methyl sites for hydroxylation is 2. The van der Waals surface area contributed by atoms with Gasteiger partial charge in [-0.25, -0.2) is 4.39 Å². The van der Waals surface area contributed by atoms with Gasteiger partial charge in [0.2, 0.25) is 0 Å². The second kappa shape index (κ2) is 3.46. The van der Waals surface area contributed by atoms with Gasteiger partial charge in [-0.05, 0) is 49.9 Å². The van der Waals surface area contributed by atoms with Crippen molar-refractivity contribution in [2.24, 2.45) is 5.73 Å². The number of hydrogen-bond acceptors (Lipinski definition) is 1. The molecule has 0 amide bonds. The van der Waals surface area contributed by atoms with E-state index in [1.54, 1.807) is 13.8 Å². The summed E-state index contributed by atoms with van der Waals surface area (Å²) in [4.78, 5) is 0. The Morgan fingerprint density at radius 3 is 2.23 bits per heavy atom. The van der Waals surface area contributed by atoms with E-state index >= 15 is 0 Å². The lowest BCUT2D eigenvalue weighted by molar-refractivity contribution is 0.601. The third-order valence-corrected chi connectivity index (χ3v) is 2.39. The van der Waals surface area contributed by atoms with Gasteiger partial charge in [-0.3, -0.25) is 0 Å². The van der Waals surface area contributed by atoms with Crippen molar-refractivity contribution in [3.05, 3.63) is 34.1 Å². The molecule has 0 aliphatic heterocycles. The molecule has 0 saturated carbocycles. The Labute approximate surface area is 78.8 Å². The van der Waals surface area contributed by atoms with E-state index in [4.69, 9.17) is 5.73 Å². The molecule has 1 aromatic carbocycles. The first-order valence-corrected chi connectivity index (χ1v) is 4.47. The zero-order valence-electron chi connectivity index (χ0n) is 8.61. The van der Waals surface area contributed by atoms with E-state index in [0.29, 0.717) is 11.1 Å². The maximum absolute atomic E-state index is 13.5. The SMILES string of the molecule is Cc1cc(C)c(C(C)N)c(C)c1F. The average Bonchev–Trinajstić information content (AvgIpc) is 1.99. The van der Waals surface area contributed by atoms with Gasteiger partial charge in [0.15, 0.2) is 0 Å². The molecule has 2 N–H and O–H groups in total. The summed E-state index contributed by atoms with van der Waals surface area (Å²) in [7, 11) is 0. The van der Waals surface area contributed by atoms with Gasteiger partial charge in [0.1, 0.15) is 5.82 Å². The first kappa shape index (κ1) is 10.2. The van der Waals surface area contributed by atoms with Crippen LogP contribution < -0.4 is 5.73 Å². The normalized spacial score (nSPS) is 13.1. The van der Waals surface area contributed by atoms with Crippen molar-refractivity contribution in [2.75, 3.05) is 0 Å².